The Morgan fingerprint density at radius 1 is 1.06 bits per heavy atom. The first-order chi connectivity index (χ1) is 14.7. The Morgan fingerprint density at radius 3 is 2.35 bits per heavy atom. The smallest absolute Gasteiger partial charge is 0.273 e. The first-order valence-corrected chi connectivity index (χ1v) is 9.78. The highest BCUT2D eigenvalue weighted by Crippen LogP contribution is 2.27. The second-order valence-corrected chi connectivity index (χ2v) is 7.34. The maximum Gasteiger partial charge on any atom is 0.273 e. The molecule has 2 aromatic carbocycles. The molecule has 1 heterocycles. The first-order valence-electron chi connectivity index (χ1n) is 8.98. The highest BCUT2D eigenvalue weighted by atomic mass is 79.9. The molecule has 0 aliphatic rings. The molecule has 0 saturated heterocycles. The lowest BCUT2D eigenvalue weighted by molar-refractivity contribution is 0.296. The number of ether oxygens (including phenoxy) is 1. The summed E-state index contributed by atoms with van der Waals surface area (Å²) >= 11 is 3.07. The van der Waals surface area contributed by atoms with Crippen molar-refractivity contribution in [3.05, 3.63) is 97.4 Å². The van der Waals surface area contributed by atoms with Crippen molar-refractivity contribution in [2.45, 2.75) is 13.5 Å². The zero-order valence-electron chi connectivity index (χ0n) is 16.1. The molecule has 1 aromatic heterocycles. The van der Waals surface area contributed by atoms with Gasteiger partial charge in [0, 0.05) is 23.4 Å². The van der Waals surface area contributed by atoms with E-state index >= 15 is 0 Å². The molecule has 162 valence electrons. The van der Waals surface area contributed by atoms with Gasteiger partial charge in [0.15, 0.2) is 11.6 Å². The van der Waals surface area contributed by atoms with Gasteiger partial charge in [-0.05, 0) is 52.7 Å². The van der Waals surface area contributed by atoms with E-state index in [1.54, 1.807) is 0 Å². The lowest BCUT2D eigenvalue weighted by Gasteiger charge is -2.16. The minimum absolute atomic E-state index is 0.0331. The van der Waals surface area contributed by atoms with Crippen LogP contribution in [0.15, 0.2) is 51.7 Å². The van der Waals surface area contributed by atoms with Crippen LogP contribution in [0, 0.1) is 30.2 Å². The third-order valence-electron chi connectivity index (χ3n) is 4.38. The van der Waals surface area contributed by atoms with Crippen molar-refractivity contribution in [2.75, 3.05) is 6.61 Å². The SMILES string of the molecule is Cc1cc(OCc2ccc(F)cc2F)c(Br)c(=O)n1-c1c(F)cc(C=CCO)cc1F. The van der Waals surface area contributed by atoms with Crippen molar-refractivity contribution in [1.29, 1.82) is 0 Å². The quantitative estimate of drug-likeness (QED) is 0.485. The Balaban J connectivity index is 1.99. The molecule has 31 heavy (non-hydrogen) atoms. The molecule has 3 rings (SSSR count). The number of pyridine rings is 1. The van der Waals surface area contributed by atoms with Crippen LogP contribution in [0.5, 0.6) is 5.75 Å². The van der Waals surface area contributed by atoms with E-state index in [-0.39, 0.29) is 40.3 Å². The monoisotopic (exact) mass is 497 g/mol. The number of aliphatic hydroxyl groups is 1. The van der Waals surface area contributed by atoms with Crippen molar-refractivity contribution < 1.29 is 27.4 Å². The number of rotatable bonds is 6. The van der Waals surface area contributed by atoms with Gasteiger partial charge in [-0.2, -0.15) is 0 Å². The fraction of sp³-hybridized carbons (Fsp3) is 0.136. The minimum Gasteiger partial charge on any atom is -0.487 e. The van der Waals surface area contributed by atoms with Gasteiger partial charge in [0.1, 0.15) is 34.2 Å². The van der Waals surface area contributed by atoms with Crippen LogP contribution in [0.25, 0.3) is 11.8 Å². The molecule has 0 radical (unpaired) electrons. The van der Waals surface area contributed by atoms with E-state index in [4.69, 9.17) is 9.84 Å². The van der Waals surface area contributed by atoms with E-state index < -0.39 is 34.5 Å². The van der Waals surface area contributed by atoms with Crippen LogP contribution in [0.1, 0.15) is 16.8 Å². The molecule has 0 saturated carbocycles. The third-order valence-corrected chi connectivity index (χ3v) is 5.11. The van der Waals surface area contributed by atoms with Gasteiger partial charge in [-0.3, -0.25) is 9.36 Å². The molecule has 0 fully saturated rings. The Morgan fingerprint density at radius 2 is 1.74 bits per heavy atom. The van der Waals surface area contributed by atoms with Gasteiger partial charge in [-0.25, -0.2) is 17.6 Å². The standard InChI is InChI=1S/C22H16BrF4NO3/c1-12-7-19(31-11-14-4-5-15(24)10-16(14)25)20(23)22(30)28(12)21-17(26)8-13(3-2-6-29)9-18(21)27/h2-5,7-10,29H,6,11H2,1H3. The van der Waals surface area contributed by atoms with Crippen LogP contribution >= 0.6 is 15.9 Å². The maximum absolute atomic E-state index is 14.6. The molecule has 0 unspecified atom stereocenters. The maximum atomic E-state index is 14.6. The Labute approximate surface area is 183 Å². The van der Waals surface area contributed by atoms with Gasteiger partial charge < -0.3 is 9.84 Å². The number of aromatic nitrogens is 1. The van der Waals surface area contributed by atoms with Gasteiger partial charge in [0.2, 0.25) is 0 Å². The highest BCUT2D eigenvalue weighted by molar-refractivity contribution is 9.10. The summed E-state index contributed by atoms with van der Waals surface area (Å²) in [4.78, 5) is 12.8. The van der Waals surface area contributed by atoms with Crippen molar-refractivity contribution in [1.82, 2.24) is 4.57 Å². The largest absolute Gasteiger partial charge is 0.487 e. The summed E-state index contributed by atoms with van der Waals surface area (Å²) in [5.74, 6) is -3.46. The molecule has 9 heteroatoms. The predicted octanol–water partition coefficient (Wildman–Crippen LogP) is 5.05. The van der Waals surface area contributed by atoms with Crippen LogP contribution in [-0.2, 0) is 6.61 Å². The van der Waals surface area contributed by atoms with Crippen molar-refractivity contribution in [3.63, 3.8) is 0 Å². The van der Waals surface area contributed by atoms with Gasteiger partial charge >= 0.3 is 0 Å². The average Bonchev–Trinajstić information content (AvgIpc) is 2.71. The topological polar surface area (TPSA) is 51.5 Å². The Hall–Kier alpha value is -2.91. The average molecular weight is 498 g/mol. The number of aliphatic hydroxyl groups excluding tert-OH is 1. The number of nitrogens with zero attached hydrogens (tertiary/aromatic N) is 1. The van der Waals surface area contributed by atoms with Crippen molar-refractivity contribution in [3.8, 4) is 11.4 Å². The van der Waals surface area contributed by atoms with Gasteiger partial charge in [-0.15, -0.1) is 0 Å². The molecule has 4 nitrogen and oxygen atoms in total. The second-order valence-electron chi connectivity index (χ2n) is 6.55. The summed E-state index contributed by atoms with van der Waals surface area (Å²) in [5, 5.41) is 8.80. The minimum atomic E-state index is -0.975. The molecule has 0 amide bonds. The molecule has 0 atom stereocenters. The number of hydrogen-bond acceptors (Lipinski definition) is 3. The Kier molecular flexibility index (Phi) is 6.97. The molecule has 0 spiro atoms. The van der Waals surface area contributed by atoms with E-state index in [2.05, 4.69) is 15.9 Å². The fourth-order valence-electron chi connectivity index (χ4n) is 2.94. The van der Waals surface area contributed by atoms with Crippen LogP contribution in [-0.4, -0.2) is 16.3 Å². The number of halogens is 5. The summed E-state index contributed by atoms with van der Waals surface area (Å²) in [6.45, 7) is 0.875. The molecule has 3 aromatic rings. The van der Waals surface area contributed by atoms with Crippen molar-refractivity contribution >= 4 is 22.0 Å². The number of hydrogen-bond donors (Lipinski definition) is 1. The first kappa shape index (κ1) is 22.8. The zero-order chi connectivity index (χ0) is 22.7. The van der Waals surface area contributed by atoms with E-state index in [1.165, 1.54) is 31.2 Å². The third kappa shape index (κ3) is 4.88. The van der Waals surface area contributed by atoms with Gasteiger partial charge in [0.05, 0.1) is 6.61 Å². The second kappa shape index (κ2) is 9.49. The molecular formula is C22H16BrF4NO3. The zero-order valence-corrected chi connectivity index (χ0v) is 17.7. The summed E-state index contributed by atoms with van der Waals surface area (Å²) in [6.07, 6.45) is 2.66. The van der Waals surface area contributed by atoms with Crippen LogP contribution in [0.3, 0.4) is 0 Å². The number of aryl methyl sites for hydroxylation is 1. The van der Waals surface area contributed by atoms with Crippen molar-refractivity contribution in [2.24, 2.45) is 0 Å². The number of benzene rings is 2. The van der Waals surface area contributed by atoms with Crippen LogP contribution in [0.2, 0.25) is 0 Å². The normalized spacial score (nSPS) is 11.3. The lowest BCUT2D eigenvalue weighted by Crippen LogP contribution is -2.24. The van der Waals surface area contributed by atoms with E-state index in [9.17, 15) is 22.4 Å². The van der Waals surface area contributed by atoms with Gasteiger partial charge in [-0.1, -0.05) is 12.2 Å². The fourth-order valence-corrected chi connectivity index (χ4v) is 3.35. The predicted molar refractivity (Wildman–Crippen MR) is 111 cm³/mol. The van der Waals surface area contributed by atoms with Crippen LogP contribution in [0.4, 0.5) is 17.6 Å². The van der Waals surface area contributed by atoms with E-state index in [0.29, 0.717) is 6.07 Å². The van der Waals surface area contributed by atoms with E-state index in [0.717, 1.165) is 22.8 Å². The van der Waals surface area contributed by atoms with E-state index in [1.807, 2.05) is 0 Å². The lowest BCUT2D eigenvalue weighted by atomic mass is 10.1. The molecule has 0 aliphatic heterocycles. The summed E-state index contributed by atoms with van der Waals surface area (Å²) in [5.41, 5.74) is -0.941. The van der Waals surface area contributed by atoms with Crippen LogP contribution < -0.4 is 10.3 Å². The Bertz CT molecular complexity index is 1200. The molecule has 0 aliphatic carbocycles. The summed E-state index contributed by atoms with van der Waals surface area (Å²) in [7, 11) is 0. The summed E-state index contributed by atoms with van der Waals surface area (Å²) < 4.78 is 62.3. The highest BCUT2D eigenvalue weighted by Gasteiger charge is 2.20. The summed E-state index contributed by atoms with van der Waals surface area (Å²) in [6, 6.07) is 6.43. The molecule has 0 bridgehead atoms. The molecular weight excluding hydrogens is 482 g/mol. The van der Waals surface area contributed by atoms with Gasteiger partial charge in [0.25, 0.3) is 5.56 Å². The molecule has 1 N–H and O–H groups in total.